The van der Waals surface area contributed by atoms with Crippen LogP contribution < -0.4 is 17.0 Å². The maximum atomic E-state index is 5.73. The summed E-state index contributed by atoms with van der Waals surface area (Å²) in [5.74, 6) is 5.86. The Morgan fingerprint density at radius 2 is 2.15 bits per heavy atom. The second-order valence-electron chi connectivity index (χ2n) is 2.74. The van der Waals surface area contributed by atoms with Crippen LogP contribution in [0.25, 0.3) is 0 Å². The minimum absolute atomic E-state index is 0.558. The number of hydrogen-bond donors (Lipinski definition) is 3. The molecule has 0 saturated heterocycles. The predicted octanol–water partition coefficient (Wildman–Crippen LogP) is 0.651. The Morgan fingerprint density at radius 3 is 2.77 bits per heavy atom. The van der Waals surface area contributed by atoms with Gasteiger partial charge in [0, 0.05) is 5.69 Å². The molecule has 0 unspecified atom stereocenters. The molecule has 70 valence electrons. The van der Waals surface area contributed by atoms with E-state index in [4.69, 9.17) is 11.6 Å². The molecule has 0 aromatic heterocycles. The molecule has 1 rings (SSSR count). The third kappa shape index (κ3) is 2.76. The maximum Gasteiger partial charge on any atom is 0.108 e. The first-order valence-electron chi connectivity index (χ1n) is 4.05. The quantitative estimate of drug-likeness (QED) is 0.204. The van der Waals surface area contributed by atoms with E-state index < -0.39 is 0 Å². The largest absolute Gasteiger partial charge is 0.398 e. The molecular formula is C9H14N4. The van der Waals surface area contributed by atoms with E-state index >= 15 is 0 Å². The van der Waals surface area contributed by atoms with Gasteiger partial charge < -0.3 is 11.2 Å². The van der Waals surface area contributed by atoms with Crippen LogP contribution in [0.2, 0.25) is 0 Å². The van der Waals surface area contributed by atoms with Crippen LogP contribution >= 0.6 is 0 Å². The fourth-order valence-electron chi connectivity index (χ4n) is 0.928. The van der Waals surface area contributed by atoms with Gasteiger partial charge >= 0.3 is 0 Å². The molecule has 0 amide bonds. The van der Waals surface area contributed by atoms with Gasteiger partial charge in [-0.15, -0.1) is 0 Å². The number of hydrogen-bond acceptors (Lipinski definition) is 3. The topological polar surface area (TPSA) is 76.4 Å². The second-order valence-corrected chi connectivity index (χ2v) is 2.74. The van der Waals surface area contributed by atoms with Crippen molar-refractivity contribution < 1.29 is 0 Å². The normalized spacial score (nSPS) is 11.4. The van der Waals surface area contributed by atoms with E-state index in [9.17, 15) is 0 Å². The first kappa shape index (κ1) is 9.54. The molecular weight excluding hydrogens is 164 g/mol. The highest BCUT2D eigenvalue weighted by Gasteiger charge is 1.95. The van der Waals surface area contributed by atoms with Crippen molar-refractivity contribution in [2.24, 2.45) is 10.8 Å². The molecule has 1 aromatic carbocycles. The number of aliphatic imine (C=N–C) groups is 1. The number of amidine groups is 1. The number of nitrogens with two attached hydrogens (primary N) is 2. The number of benzene rings is 1. The summed E-state index contributed by atoms with van der Waals surface area (Å²) < 4.78 is 0. The molecule has 0 aliphatic carbocycles. The van der Waals surface area contributed by atoms with Crippen LogP contribution in [0.3, 0.4) is 0 Å². The van der Waals surface area contributed by atoms with Gasteiger partial charge in [-0.3, -0.25) is 4.99 Å². The predicted molar refractivity (Wildman–Crippen MR) is 55.0 cm³/mol. The van der Waals surface area contributed by atoms with Gasteiger partial charge in [-0.25, -0.2) is 5.84 Å². The van der Waals surface area contributed by atoms with E-state index in [0.29, 0.717) is 12.4 Å². The average molecular weight is 178 g/mol. The van der Waals surface area contributed by atoms with Gasteiger partial charge in [-0.2, -0.15) is 0 Å². The van der Waals surface area contributed by atoms with E-state index in [1.54, 1.807) is 6.92 Å². The molecule has 0 atom stereocenters. The fraction of sp³-hybridized carbons (Fsp3) is 0.222. The van der Waals surface area contributed by atoms with Crippen LogP contribution in [-0.2, 0) is 6.54 Å². The van der Waals surface area contributed by atoms with E-state index in [1.165, 1.54) is 0 Å². The van der Waals surface area contributed by atoms with E-state index in [-0.39, 0.29) is 0 Å². The van der Waals surface area contributed by atoms with Crippen molar-refractivity contribution in [3.63, 3.8) is 0 Å². The third-order valence-corrected chi connectivity index (χ3v) is 1.75. The molecule has 0 fully saturated rings. The number of nitrogens with zero attached hydrogens (tertiary/aromatic N) is 1. The molecule has 0 radical (unpaired) electrons. The van der Waals surface area contributed by atoms with Gasteiger partial charge in [0.1, 0.15) is 5.84 Å². The van der Waals surface area contributed by atoms with Crippen molar-refractivity contribution >= 4 is 11.5 Å². The summed E-state index contributed by atoms with van der Waals surface area (Å²) in [7, 11) is 0. The van der Waals surface area contributed by atoms with Crippen molar-refractivity contribution in [2.45, 2.75) is 13.5 Å². The third-order valence-electron chi connectivity index (χ3n) is 1.75. The first-order chi connectivity index (χ1) is 6.24. The number of rotatable bonds is 2. The molecule has 4 heteroatoms. The van der Waals surface area contributed by atoms with Gasteiger partial charge in [-0.05, 0) is 18.6 Å². The monoisotopic (exact) mass is 178 g/mol. The zero-order valence-electron chi connectivity index (χ0n) is 7.62. The lowest BCUT2D eigenvalue weighted by molar-refractivity contribution is 0.967. The summed E-state index contributed by atoms with van der Waals surface area (Å²) in [6.45, 7) is 2.36. The van der Waals surface area contributed by atoms with Crippen LogP contribution in [0.15, 0.2) is 29.3 Å². The zero-order chi connectivity index (χ0) is 9.68. The highest BCUT2D eigenvalue weighted by molar-refractivity contribution is 5.78. The van der Waals surface area contributed by atoms with Gasteiger partial charge in [0.05, 0.1) is 6.54 Å². The summed E-state index contributed by atoms with van der Waals surface area (Å²) in [6, 6.07) is 7.64. The Hall–Kier alpha value is -1.55. The summed E-state index contributed by atoms with van der Waals surface area (Å²) in [4.78, 5) is 4.17. The molecule has 0 bridgehead atoms. The van der Waals surface area contributed by atoms with Crippen LogP contribution in [-0.4, -0.2) is 5.84 Å². The number of para-hydroxylation sites is 1. The van der Waals surface area contributed by atoms with Crippen molar-refractivity contribution in [3.8, 4) is 0 Å². The standard InChI is InChI=1S/C9H14N4/c1-7(13-11)12-6-8-4-2-3-5-9(8)10/h2-5H,6,10-11H2,1H3,(H,12,13). The van der Waals surface area contributed by atoms with E-state index in [1.807, 2.05) is 24.3 Å². The van der Waals surface area contributed by atoms with Gasteiger partial charge in [0.15, 0.2) is 0 Å². The van der Waals surface area contributed by atoms with Crippen LogP contribution in [0, 0.1) is 0 Å². The Bertz CT molecular complexity index is 306. The van der Waals surface area contributed by atoms with Crippen molar-refractivity contribution in [1.29, 1.82) is 0 Å². The molecule has 0 aliphatic heterocycles. The lowest BCUT2D eigenvalue weighted by Gasteiger charge is -2.02. The molecule has 0 heterocycles. The lowest BCUT2D eigenvalue weighted by atomic mass is 10.2. The van der Waals surface area contributed by atoms with Crippen molar-refractivity contribution in [3.05, 3.63) is 29.8 Å². The summed E-state index contributed by atoms with van der Waals surface area (Å²) in [5, 5.41) is 0. The molecule has 5 N–H and O–H groups in total. The highest BCUT2D eigenvalue weighted by atomic mass is 15.2. The summed E-state index contributed by atoms with van der Waals surface area (Å²) in [6.07, 6.45) is 0. The minimum Gasteiger partial charge on any atom is -0.398 e. The molecule has 1 aromatic rings. The molecule has 0 saturated carbocycles. The fourth-order valence-corrected chi connectivity index (χ4v) is 0.928. The summed E-state index contributed by atoms with van der Waals surface area (Å²) >= 11 is 0. The van der Waals surface area contributed by atoms with Crippen molar-refractivity contribution in [2.75, 3.05) is 5.73 Å². The molecule has 0 spiro atoms. The Balaban J connectivity index is 2.70. The van der Waals surface area contributed by atoms with Crippen LogP contribution in [0.5, 0.6) is 0 Å². The Labute approximate surface area is 77.6 Å². The second kappa shape index (κ2) is 4.47. The van der Waals surface area contributed by atoms with E-state index in [0.717, 1.165) is 11.3 Å². The van der Waals surface area contributed by atoms with Crippen molar-refractivity contribution in [1.82, 2.24) is 5.43 Å². The smallest absolute Gasteiger partial charge is 0.108 e. The van der Waals surface area contributed by atoms with Gasteiger partial charge in [-0.1, -0.05) is 18.2 Å². The van der Waals surface area contributed by atoms with Crippen LogP contribution in [0.1, 0.15) is 12.5 Å². The number of nitrogen functional groups attached to an aromatic ring is 1. The van der Waals surface area contributed by atoms with Gasteiger partial charge in [0.2, 0.25) is 0 Å². The average Bonchev–Trinajstić information content (AvgIpc) is 2.16. The van der Waals surface area contributed by atoms with Crippen LogP contribution in [0.4, 0.5) is 5.69 Å². The number of nitrogens with one attached hydrogen (secondary N) is 1. The molecule has 13 heavy (non-hydrogen) atoms. The molecule has 0 aliphatic rings. The summed E-state index contributed by atoms with van der Waals surface area (Å²) in [5.41, 5.74) is 9.96. The lowest BCUT2D eigenvalue weighted by Crippen LogP contribution is -2.27. The number of hydrazine groups is 1. The highest BCUT2D eigenvalue weighted by Crippen LogP contribution is 2.11. The first-order valence-corrected chi connectivity index (χ1v) is 4.05. The number of anilines is 1. The maximum absolute atomic E-state index is 5.73. The molecule has 4 nitrogen and oxygen atoms in total. The Kier molecular flexibility index (Phi) is 3.28. The SMILES string of the molecule is CC(=NCc1ccccc1N)NN. The van der Waals surface area contributed by atoms with Gasteiger partial charge in [0.25, 0.3) is 0 Å². The van der Waals surface area contributed by atoms with E-state index in [2.05, 4.69) is 10.4 Å². The Morgan fingerprint density at radius 1 is 1.46 bits per heavy atom. The minimum atomic E-state index is 0.558. The zero-order valence-corrected chi connectivity index (χ0v) is 7.62.